The summed E-state index contributed by atoms with van der Waals surface area (Å²) in [7, 11) is 1.79. The fourth-order valence-electron chi connectivity index (χ4n) is 10.6. The molecule has 2 N–H and O–H groups in total. The maximum Gasteiger partial charge on any atom is 0.264 e. The molecule has 2 unspecified atom stereocenters. The Balaban J connectivity index is 0.800. The van der Waals surface area contributed by atoms with Gasteiger partial charge in [0, 0.05) is 99.7 Å². The molecule has 14 nitrogen and oxygen atoms in total. The summed E-state index contributed by atoms with van der Waals surface area (Å²) in [6.07, 6.45) is 10.2. The van der Waals surface area contributed by atoms with E-state index >= 15 is 0 Å². The van der Waals surface area contributed by atoms with Crippen LogP contribution in [0.25, 0.3) is 11.1 Å². The zero-order valence-corrected chi connectivity index (χ0v) is 36.0. The van der Waals surface area contributed by atoms with Gasteiger partial charge in [0.15, 0.2) is 0 Å². The number of aryl methyl sites for hydroxylation is 2. The Morgan fingerprint density at radius 3 is 2.49 bits per heavy atom. The third kappa shape index (κ3) is 8.29. The van der Waals surface area contributed by atoms with Crippen LogP contribution in [0.1, 0.15) is 144 Å². The molecule has 2 aromatic heterocycles. The molecule has 4 aliphatic heterocycles. The van der Waals surface area contributed by atoms with Crippen molar-refractivity contribution in [2.24, 2.45) is 7.05 Å². The smallest absolute Gasteiger partial charge is 0.264 e. The maximum atomic E-state index is 14.7. The van der Waals surface area contributed by atoms with Crippen LogP contribution in [0.3, 0.4) is 0 Å². The molecular weight excluding hydrogens is 809 g/mol. The van der Waals surface area contributed by atoms with E-state index in [0.717, 1.165) is 111 Å². The quantitative estimate of drug-likeness (QED) is 0.116. The molecule has 2 atom stereocenters. The van der Waals surface area contributed by atoms with Crippen molar-refractivity contribution in [1.29, 1.82) is 0 Å². The van der Waals surface area contributed by atoms with Crippen molar-refractivity contribution >= 4 is 35.2 Å². The predicted molar refractivity (Wildman–Crippen MR) is 230 cm³/mol. The number of carbonyl (C=O) groups is 5. The highest BCUT2D eigenvalue weighted by atomic mass is 19.3. The number of likely N-dealkylation sites (tertiary alicyclic amines) is 1. The molecule has 63 heavy (non-hydrogen) atoms. The number of fused-ring (bicyclic) bond motifs is 3. The average Bonchev–Trinajstić information content (AvgIpc) is 3.96. The van der Waals surface area contributed by atoms with Crippen LogP contribution in [0.2, 0.25) is 0 Å². The van der Waals surface area contributed by atoms with Crippen molar-refractivity contribution in [2.75, 3.05) is 38.0 Å². The van der Waals surface area contributed by atoms with E-state index in [1.807, 2.05) is 11.0 Å². The predicted octanol–water partition coefficient (Wildman–Crippen LogP) is 6.30. The minimum absolute atomic E-state index is 0.0180. The van der Waals surface area contributed by atoms with Crippen LogP contribution in [0.4, 0.5) is 14.5 Å². The van der Waals surface area contributed by atoms with Gasteiger partial charge in [-0.1, -0.05) is 25.0 Å². The number of benzene rings is 2. The summed E-state index contributed by atoms with van der Waals surface area (Å²) in [4.78, 5) is 68.8. The number of hydrogen-bond donors (Lipinski definition) is 2. The monoisotopic (exact) mass is 863 g/mol. The molecule has 0 saturated carbocycles. The number of alkyl halides is 2. The molecule has 9 rings (SSSR count). The first-order valence-electron chi connectivity index (χ1n) is 22.6. The summed E-state index contributed by atoms with van der Waals surface area (Å²) < 4.78 is 33.3. The molecule has 6 heterocycles. The molecular formula is C47H55F2N9O5. The van der Waals surface area contributed by atoms with Crippen LogP contribution in [-0.4, -0.2) is 103 Å². The second-order valence-electron chi connectivity index (χ2n) is 17.8. The van der Waals surface area contributed by atoms with Crippen molar-refractivity contribution < 1.29 is 32.8 Å². The van der Waals surface area contributed by atoms with E-state index in [1.165, 1.54) is 5.69 Å². The van der Waals surface area contributed by atoms with Gasteiger partial charge in [0.1, 0.15) is 6.04 Å². The summed E-state index contributed by atoms with van der Waals surface area (Å²) in [5.74, 6) is -2.15. The Kier molecular flexibility index (Phi) is 12.0. The fourth-order valence-corrected chi connectivity index (χ4v) is 10.6. The van der Waals surface area contributed by atoms with Crippen molar-refractivity contribution in [3.8, 4) is 11.1 Å². The lowest BCUT2D eigenvalue weighted by molar-refractivity contribution is -0.136. The SMILES string of the molecule is CC(=O)N1CCc2c(c(C3CCCc4cc(-c5cnn(C)c5)c(C(F)F)cc43)nn2C2CCN(CCCCCCNc3cccc4c3C(=O)N(C3CCC(=O)NC3=O)C4=O)CC2)C1. The number of nitrogens with one attached hydrogen (secondary N) is 2. The highest BCUT2D eigenvalue weighted by molar-refractivity contribution is 6.25. The third-order valence-corrected chi connectivity index (χ3v) is 13.9. The summed E-state index contributed by atoms with van der Waals surface area (Å²) >= 11 is 0. The van der Waals surface area contributed by atoms with Gasteiger partial charge in [-0.3, -0.25) is 43.6 Å². The van der Waals surface area contributed by atoms with Crippen LogP contribution in [0, 0.1) is 0 Å². The van der Waals surface area contributed by atoms with Crippen LogP contribution in [0.5, 0.6) is 0 Å². The number of carbonyl (C=O) groups excluding carboxylic acids is 5. The first-order valence-corrected chi connectivity index (χ1v) is 22.6. The van der Waals surface area contributed by atoms with Gasteiger partial charge in [-0.05, 0) is 92.8 Å². The van der Waals surface area contributed by atoms with E-state index in [2.05, 4.69) is 25.3 Å². The van der Waals surface area contributed by atoms with Gasteiger partial charge >= 0.3 is 0 Å². The molecule has 2 aromatic carbocycles. The van der Waals surface area contributed by atoms with Crippen molar-refractivity contribution in [3.63, 3.8) is 0 Å². The number of halogens is 2. The Morgan fingerprint density at radius 2 is 1.75 bits per heavy atom. The molecule has 0 radical (unpaired) electrons. The van der Waals surface area contributed by atoms with Gasteiger partial charge in [-0.25, -0.2) is 8.78 Å². The minimum atomic E-state index is -2.64. The second-order valence-corrected chi connectivity index (χ2v) is 17.8. The number of unbranched alkanes of at least 4 members (excludes halogenated alkanes) is 3. The number of piperidine rings is 2. The largest absolute Gasteiger partial charge is 0.384 e. The summed E-state index contributed by atoms with van der Waals surface area (Å²) in [6.45, 7) is 6.29. The molecule has 0 spiro atoms. The van der Waals surface area contributed by atoms with E-state index in [0.29, 0.717) is 36.4 Å². The van der Waals surface area contributed by atoms with Gasteiger partial charge in [-0.2, -0.15) is 10.2 Å². The zero-order valence-electron chi connectivity index (χ0n) is 36.0. The second kappa shape index (κ2) is 17.8. The average molecular weight is 864 g/mol. The molecule has 2 saturated heterocycles. The van der Waals surface area contributed by atoms with Crippen LogP contribution >= 0.6 is 0 Å². The molecule has 0 bridgehead atoms. The van der Waals surface area contributed by atoms with Crippen LogP contribution < -0.4 is 10.6 Å². The third-order valence-electron chi connectivity index (χ3n) is 13.9. The lowest BCUT2D eigenvalue weighted by Gasteiger charge is -2.34. The van der Waals surface area contributed by atoms with E-state index < -0.39 is 36.1 Å². The maximum absolute atomic E-state index is 14.7. The standard InChI is InChI=1S/C47H55F2N9O5/c1-28(59)56-22-17-39-37(27-56)43(32-10-7-9-29-23-34(30-25-51-54(2)26-30)36(44(48)49)24-35(29)32)53-58(39)31-15-20-55(21-16-31)19-6-4-3-5-18-50-38-12-8-11-33-42(38)47(63)57(46(33)62)40-13-14-41(60)52-45(40)61/h8,11-12,23-26,31-32,40,44,50H,3-7,9-10,13-22,27H2,1-2H3,(H,52,60,61). The van der Waals surface area contributed by atoms with E-state index in [1.54, 1.807) is 55.3 Å². The van der Waals surface area contributed by atoms with E-state index in [4.69, 9.17) is 5.10 Å². The number of anilines is 1. The number of imide groups is 2. The van der Waals surface area contributed by atoms with Gasteiger partial charge in [0.2, 0.25) is 17.7 Å². The molecule has 332 valence electrons. The highest BCUT2D eigenvalue weighted by Gasteiger charge is 2.45. The Hall–Kier alpha value is -5.77. The Bertz CT molecular complexity index is 2450. The van der Waals surface area contributed by atoms with Crippen molar-refractivity contribution in [2.45, 2.75) is 115 Å². The van der Waals surface area contributed by atoms with Gasteiger partial charge in [-0.15, -0.1) is 0 Å². The summed E-state index contributed by atoms with van der Waals surface area (Å²) in [5.41, 5.74) is 7.57. The lowest BCUT2D eigenvalue weighted by Crippen LogP contribution is -2.54. The Morgan fingerprint density at radius 1 is 0.937 bits per heavy atom. The first kappa shape index (κ1) is 42.5. The number of rotatable bonds is 13. The van der Waals surface area contributed by atoms with Crippen LogP contribution in [-0.2, 0) is 40.8 Å². The minimum Gasteiger partial charge on any atom is -0.384 e. The normalized spacial score (nSPS) is 20.6. The highest BCUT2D eigenvalue weighted by Crippen LogP contribution is 2.45. The molecule has 2 fully saturated rings. The molecule has 4 aromatic rings. The summed E-state index contributed by atoms with van der Waals surface area (Å²) in [6, 6.07) is 8.01. The van der Waals surface area contributed by atoms with E-state index in [-0.39, 0.29) is 47.4 Å². The fraction of sp³-hybridized carbons (Fsp3) is 0.511. The topological polar surface area (TPSA) is 155 Å². The molecule has 5 aliphatic rings. The lowest BCUT2D eigenvalue weighted by atomic mass is 9.77. The molecule has 1 aliphatic carbocycles. The number of aromatic nitrogens is 4. The van der Waals surface area contributed by atoms with Gasteiger partial charge in [0.25, 0.3) is 18.2 Å². The van der Waals surface area contributed by atoms with E-state index in [9.17, 15) is 32.8 Å². The number of hydrogen-bond acceptors (Lipinski definition) is 9. The summed E-state index contributed by atoms with van der Waals surface area (Å²) in [5, 5.41) is 15.2. The molecule has 16 heteroatoms. The molecule has 5 amide bonds. The zero-order chi connectivity index (χ0) is 43.9. The number of amides is 5. The van der Waals surface area contributed by atoms with Crippen molar-refractivity contribution in [1.82, 2.24) is 39.6 Å². The van der Waals surface area contributed by atoms with Crippen LogP contribution in [0.15, 0.2) is 42.7 Å². The first-order chi connectivity index (χ1) is 30.5. The van der Waals surface area contributed by atoms with Crippen molar-refractivity contribution in [3.05, 3.63) is 87.5 Å². The number of nitrogens with zero attached hydrogens (tertiary/aromatic N) is 7. The van der Waals surface area contributed by atoms with Gasteiger partial charge < -0.3 is 15.1 Å². The Labute approximate surface area is 365 Å². The van der Waals surface area contributed by atoms with Gasteiger partial charge in [0.05, 0.1) is 29.1 Å².